The number of fused-ring (bicyclic) bond motifs is 2. The summed E-state index contributed by atoms with van der Waals surface area (Å²) in [5.74, 6) is 0. The Labute approximate surface area is 132 Å². The molecule has 21 heavy (non-hydrogen) atoms. The lowest BCUT2D eigenvalue weighted by Crippen LogP contribution is -1.74. The zero-order valence-corrected chi connectivity index (χ0v) is 13.2. The number of benzene rings is 1. The molecule has 1 nitrogen and oxygen atoms in total. The van der Waals surface area contributed by atoms with Crippen molar-refractivity contribution in [2.24, 2.45) is 0 Å². The summed E-state index contributed by atoms with van der Waals surface area (Å²) in [5, 5.41) is 1.10. The largest absolute Gasteiger partial charge is 0.236 e. The highest BCUT2D eigenvalue weighted by Crippen LogP contribution is 2.44. The average Bonchev–Trinajstić information content (AvgIpc) is 3.00. The molecule has 0 saturated carbocycles. The molecule has 0 aliphatic heterocycles. The summed E-state index contributed by atoms with van der Waals surface area (Å²) in [5.41, 5.74) is 4.91. The molecule has 2 aliphatic carbocycles. The van der Waals surface area contributed by atoms with Gasteiger partial charge in [-0.2, -0.15) is 0 Å². The molecule has 1 aromatic heterocycles. The van der Waals surface area contributed by atoms with E-state index in [-0.39, 0.29) is 0 Å². The highest BCUT2D eigenvalue weighted by atomic mass is 32.2. The minimum Gasteiger partial charge on any atom is -0.236 e. The molecule has 0 amide bonds. The first-order valence-corrected chi connectivity index (χ1v) is 8.82. The van der Waals surface area contributed by atoms with Crippen molar-refractivity contribution in [3.63, 3.8) is 0 Å². The van der Waals surface area contributed by atoms with Crippen molar-refractivity contribution in [3.05, 3.63) is 60.7 Å². The van der Waals surface area contributed by atoms with Gasteiger partial charge in [-0.1, -0.05) is 42.5 Å². The van der Waals surface area contributed by atoms with Crippen LogP contribution in [0.2, 0.25) is 0 Å². The molecular formula is C18H13NS2. The molecule has 2 aromatic rings. The number of para-hydroxylation sites is 1. The maximum atomic E-state index is 4.81. The first kappa shape index (κ1) is 12.9. The predicted molar refractivity (Wildman–Crippen MR) is 93.5 cm³/mol. The lowest BCUT2D eigenvalue weighted by molar-refractivity contribution is 1.49. The van der Waals surface area contributed by atoms with E-state index in [4.69, 9.17) is 4.98 Å². The van der Waals surface area contributed by atoms with Crippen molar-refractivity contribution in [1.82, 2.24) is 4.98 Å². The van der Waals surface area contributed by atoms with Crippen LogP contribution in [0.15, 0.2) is 65.6 Å². The van der Waals surface area contributed by atoms with E-state index in [1.54, 1.807) is 23.1 Å². The fourth-order valence-electron chi connectivity index (χ4n) is 2.62. The van der Waals surface area contributed by atoms with Gasteiger partial charge in [0.25, 0.3) is 0 Å². The van der Waals surface area contributed by atoms with E-state index in [0.29, 0.717) is 0 Å². The smallest absolute Gasteiger partial charge is 0.125 e. The molecule has 4 rings (SSSR count). The first-order valence-electron chi connectivity index (χ1n) is 6.78. The molecule has 0 spiro atoms. The SMILES string of the molecule is CSc1cc(-c2nc3ccccc3s2)c2cccccc1-2. The van der Waals surface area contributed by atoms with Gasteiger partial charge in [-0.05, 0) is 35.6 Å². The number of thioether (sulfide) groups is 1. The minimum absolute atomic E-state index is 1.08. The van der Waals surface area contributed by atoms with Crippen molar-refractivity contribution in [2.75, 3.05) is 6.26 Å². The van der Waals surface area contributed by atoms with Crippen molar-refractivity contribution < 1.29 is 0 Å². The Balaban J connectivity index is 1.98. The van der Waals surface area contributed by atoms with E-state index < -0.39 is 0 Å². The number of rotatable bonds is 2. The summed E-state index contributed by atoms with van der Waals surface area (Å²) in [6.45, 7) is 0. The molecule has 1 heterocycles. The monoisotopic (exact) mass is 307 g/mol. The third-order valence-corrected chi connectivity index (χ3v) is 5.46. The standard InChI is InChI=1S/C18H13NS2/c1-20-17-11-14(12-7-3-2-4-8-13(12)17)18-19-15-9-5-6-10-16(15)21-18/h2-11H,1H3. The number of hydrogen-bond acceptors (Lipinski definition) is 3. The molecular weight excluding hydrogens is 294 g/mol. The molecule has 3 heteroatoms. The van der Waals surface area contributed by atoms with Gasteiger partial charge in [-0.15, -0.1) is 23.1 Å². The highest BCUT2D eigenvalue weighted by Gasteiger charge is 2.18. The second kappa shape index (κ2) is 5.17. The Kier molecular flexibility index (Phi) is 3.17. The Morgan fingerprint density at radius 2 is 1.62 bits per heavy atom. The van der Waals surface area contributed by atoms with Crippen molar-refractivity contribution in [3.8, 4) is 21.7 Å². The third-order valence-electron chi connectivity index (χ3n) is 3.61. The van der Waals surface area contributed by atoms with Crippen LogP contribution in [0.3, 0.4) is 0 Å². The molecule has 0 atom stereocenters. The summed E-state index contributed by atoms with van der Waals surface area (Å²) < 4.78 is 1.24. The van der Waals surface area contributed by atoms with E-state index in [1.807, 2.05) is 6.07 Å². The first-order chi connectivity index (χ1) is 10.4. The normalized spacial score (nSPS) is 11.3. The van der Waals surface area contributed by atoms with E-state index >= 15 is 0 Å². The minimum atomic E-state index is 1.08. The maximum absolute atomic E-state index is 4.81. The Morgan fingerprint density at radius 3 is 2.43 bits per heavy atom. The second-order valence-corrected chi connectivity index (χ2v) is 6.73. The number of nitrogens with zero attached hydrogens (tertiary/aromatic N) is 1. The molecule has 0 radical (unpaired) electrons. The molecule has 1 aromatic carbocycles. The second-order valence-electron chi connectivity index (χ2n) is 4.85. The molecule has 0 bridgehead atoms. The van der Waals surface area contributed by atoms with E-state index in [0.717, 1.165) is 10.5 Å². The molecule has 2 aliphatic rings. The summed E-state index contributed by atoms with van der Waals surface area (Å²) >= 11 is 3.56. The average molecular weight is 307 g/mol. The Morgan fingerprint density at radius 1 is 0.857 bits per heavy atom. The van der Waals surface area contributed by atoms with Crippen molar-refractivity contribution in [1.29, 1.82) is 0 Å². The van der Waals surface area contributed by atoms with Crippen LogP contribution in [0.1, 0.15) is 0 Å². The van der Waals surface area contributed by atoms with Crippen molar-refractivity contribution >= 4 is 33.3 Å². The molecule has 0 unspecified atom stereocenters. The molecule has 0 fully saturated rings. The van der Waals surface area contributed by atoms with Crippen LogP contribution in [0.4, 0.5) is 0 Å². The van der Waals surface area contributed by atoms with Crippen molar-refractivity contribution in [2.45, 2.75) is 4.90 Å². The molecule has 102 valence electrons. The van der Waals surface area contributed by atoms with Gasteiger partial charge >= 0.3 is 0 Å². The Bertz CT molecular complexity index is 862. The van der Waals surface area contributed by atoms with Gasteiger partial charge < -0.3 is 0 Å². The zero-order valence-electron chi connectivity index (χ0n) is 11.5. The van der Waals surface area contributed by atoms with Crippen LogP contribution in [0.25, 0.3) is 31.9 Å². The summed E-state index contributed by atoms with van der Waals surface area (Å²) in [6.07, 6.45) is 2.13. The topological polar surface area (TPSA) is 12.9 Å². The van der Waals surface area contributed by atoms with Crippen LogP contribution in [0.5, 0.6) is 0 Å². The lowest BCUT2D eigenvalue weighted by atomic mass is 10.1. The van der Waals surface area contributed by atoms with Gasteiger partial charge in [0.1, 0.15) is 5.01 Å². The lowest BCUT2D eigenvalue weighted by Gasteiger charge is -1.98. The molecule has 0 saturated heterocycles. The highest BCUT2D eigenvalue weighted by molar-refractivity contribution is 7.98. The van der Waals surface area contributed by atoms with Gasteiger partial charge in [-0.25, -0.2) is 4.98 Å². The van der Waals surface area contributed by atoms with E-state index in [2.05, 4.69) is 60.9 Å². The predicted octanol–water partition coefficient (Wildman–Crippen LogP) is 5.79. The Hall–Kier alpha value is -1.84. The number of hydrogen-bond donors (Lipinski definition) is 0. The van der Waals surface area contributed by atoms with Crippen LogP contribution in [0, 0.1) is 0 Å². The summed E-state index contributed by atoms with van der Waals surface area (Å²) in [7, 11) is 0. The molecule has 0 N–H and O–H groups in total. The number of thiazole rings is 1. The number of aromatic nitrogens is 1. The van der Waals surface area contributed by atoms with Gasteiger partial charge in [0, 0.05) is 10.5 Å². The van der Waals surface area contributed by atoms with Crippen LogP contribution in [-0.4, -0.2) is 11.2 Å². The summed E-state index contributed by atoms with van der Waals surface area (Å²) in [4.78, 5) is 6.13. The quantitative estimate of drug-likeness (QED) is 0.435. The van der Waals surface area contributed by atoms with E-state index in [9.17, 15) is 0 Å². The zero-order chi connectivity index (χ0) is 14.2. The van der Waals surface area contributed by atoms with Crippen LogP contribution >= 0.6 is 23.1 Å². The van der Waals surface area contributed by atoms with Crippen LogP contribution in [-0.2, 0) is 0 Å². The van der Waals surface area contributed by atoms with Gasteiger partial charge in [-0.3, -0.25) is 0 Å². The van der Waals surface area contributed by atoms with E-state index in [1.165, 1.54) is 26.3 Å². The summed E-state index contributed by atoms with van der Waals surface area (Å²) in [6, 6.07) is 21.3. The van der Waals surface area contributed by atoms with Gasteiger partial charge in [0.05, 0.1) is 10.2 Å². The van der Waals surface area contributed by atoms with Gasteiger partial charge in [0.15, 0.2) is 0 Å². The fraction of sp³-hybridized carbons (Fsp3) is 0.0556. The third kappa shape index (κ3) is 2.13. The maximum Gasteiger partial charge on any atom is 0.125 e. The van der Waals surface area contributed by atoms with Crippen LogP contribution < -0.4 is 0 Å². The fourth-order valence-corrected chi connectivity index (χ4v) is 4.25. The van der Waals surface area contributed by atoms with Gasteiger partial charge in [0.2, 0.25) is 0 Å².